The monoisotopic (exact) mass is 590 g/mol. The Morgan fingerprint density at radius 2 is 1.90 bits per heavy atom. The van der Waals surface area contributed by atoms with Crippen molar-refractivity contribution >= 4 is 29.7 Å². The number of hydroxylamine groups is 1. The molecule has 1 unspecified atom stereocenters. The summed E-state index contributed by atoms with van der Waals surface area (Å²) in [5, 5.41) is 25.0. The van der Waals surface area contributed by atoms with Crippen LogP contribution in [0.5, 0.6) is 5.75 Å². The van der Waals surface area contributed by atoms with Gasteiger partial charge in [0.1, 0.15) is 17.8 Å². The predicted octanol–water partition coefficient (Wildman–Crippen LogP) is 1.37. The summed E-state index contributed by atoms with van der Waals surface area (Å²) in [5.74, 6) is -3.48. The topological polar surface area (TPSA) is 205 Å². The zero-order valence-electron chi connectivity index (χ0n) is 24.7. The van der Waals surface area contributed by atoms with Gasteiger partial charge in [-0.05, 0) is 75.5 Å². The number of carbonyl (C=O) groups excluding carboxylic acids is 4. The normalized spacial score (nSPS) is 20.2. The molecule has 0 radical (unpaired) electrons. The van der Waals surface area contributed by atoms with Crippen LogP contribution in [0.3, 0.4) is 0 Å². The van der Waals surface area contributed by atoms with Crippen molar-refractivity contribution in [3.63, 3.8) is 0 Å². The van der Waals surface area contributed by atoms with E-state index < -0.39 is 47.6 Å². The molecule has 0 fully saturated rings. The van der Waals surface area contributed by atoms with Crippen LogP contribution in [0.25, 0.3) is 0 Å². The van der Waals surface area contributed by atoms with Crippen molar-refractivity contribution in [2.24, 2.45) is 23.5 Å². The van der Waals surface area contributed by atoms with Gasteiger partial charge in [0.05, 0.1) is 19.1 Å². The van der Waals surface area contributed by atoms with Gasteiger partial charge in [0.2, 0.25) is 17.7 Å². The molecular formula is C29H46N6O7. The maximum atomic E-state index is 13.7. The van der Waals surface area contributed by atoms with Crippen molar-refractivity contribution in [1.82, 2.24) is 21.4 Å². The molecule has 0 saturated carbocycles. The molecule has 234 valence electrons. The zero-order chi connectivity index (χ0) is 31.1. The van der Waals surface area contributed by atoms with E-state index in [1.54, 1.807) is 12.4 Å². The maximum absolute atomic E-state index is 13.7. The first-order valence-electron chi connectivity index (χ1n) is 14.6. The Morgan fingerprint density at radius 1 is 1.19 bits per heavy atom. The number of amides is 3. The standard InChI is InChI=1S/C29H46N6O7/c1-4-41-28(39)24(8-5-15-32-29(30)31)34-27(38)23-14-11-19-9-12-20(13-10-19)42-16-6-7-21(26(37)35-40)22(17-18(2)3)25(36)33-23/h9-10,12-13,18,21-24,40H,4-8,11,14-17H2,1-3H3,(H,33,36)(H,34,38)(H,35,37)(H4,30,31,32)/t21?,22-,23+,24+/m1/s1. The molecule has 1 aromatic carbocycles. The number of aryl methyl sites for hydroxylation is 1. The number of ether oxygens (including phenoxy) is 2. The quantitative estimate of drug-likeness (QED) is 0.0496. The van der Waals surface area contributed by atoms with Crippen LogP contribution in [-0.2, 0) is 30.3 Å². The smallest absolute Gasteiger partial charge is 0.328 e. The van der Waals surface area contributed by atoms with Gasteiger partial charge in [-0.2, -0.15) is 0 Å². The van der Waals surface area contributed by atoms with Gasteiger partial charge >= 0.3 is 5.97 Å². The number of fused-ring (bicyclic) bond motifs is 12. The Labute approximate surface area is 247 Å². The minimum atomic E-state index is -1.02. The molecule has 1 aromatic rings. The number of hydrogen-bond donors (Lipinski definition) is 7. The van der Waals surface area contributed by atoms with Gasteiger partial charge < -0.3 is 31.2 Å². The third-order valence-electron chi connectivity index (χ3n) is 7.07. The number of rotatable bonds is 11. The molecule has 2 aliphatic heterocycles. The van der Waals surface area contributed by atoms with Gasteiger partial charge in [-0.25, -0.2) is 10.3 Å². The van der Waals surface area contributed by atoms with E-state index in [1.807, 2.05) is 38.1 Å². The highest BCUT2D eigenvalue weighted by Gasteiger charge is 2.36. The highest BCUT2D eigenvalue weighted by molar-refractivity contribution is 5.93. The molecule has 0 aliphatic carbocycles. The summed E-state index contributed by atoms with van der Waals surface area (Å²) in [6, 6.07) is 5.44. The van der Waals surface area contributed by atoms with Crippen molar-refractivity contribution in [3.05, 3.63) is 29.8 Å². The van der Waals surface area contributed by atoms with E-state index in [4.69, 9.17) is 20.6 Å². The molecular weight excluding hydrogens is 544 g/mol. The lowest BCUT2D eigenvalue weighted by molar-refractivity contribution is -0.148. The van der Waals surface area contributed by atoms with Gasteiger partial charge in [-0.3, -0.25) is 25.0 Å². The van der Waals surface area contributed by atoms with Crippen molar-refractivity contribution in [2.75, 3.05) is 19.8 Å². The number of guanidine groups is 1. The summed E-state index contributed by atoms with van der Waals surface area (Å²) >= 11 is 0. The Morgan fingerprint density at radius 3 is 2.52 bits per heavy atom. The largest absolute Gasteiger partial charge is 0.494 e. The minimum Gasteiger partial charge on any atom is -0.494 e. The Hall–Kier alpha value is -3.87. The Kier molecular flexibility index (Phi) is 14.6. The fourth-order valence-corrected chi connectivity index (χ4v) is 4.96. The fourth-order valence-electron chi connectivity index (χ4n) is 4.96. The van der Waals surface area contributed by atoms with E-state index in [1.165, 1.54) is 0 Å². The van der Waals surface area contributed by atoms with E-state index in [0.717, 1.165) is 5.56 Å². The van der Waals surface area contributed by atoms with Crippen molar-refractivity contribution in [2.45, 2.75) is 77.8 Å². The number of nitrogens with one attached hydrogen (secondary N) is 5. The highest BCUT2D eigenvalue weighted by atomic mass is 16.5. The summed E-state index contributed by atoms with van der Waals surface area (Å²) in [6.45, 7) is 6.30. The minimum absolute atomic E-state index is 0.0486. The van der Waals surface area contributed by atoms with Gasteiger partial charge in [0, 0.05) is 12.5 Å². The molecule has 42 heavy (non-hydrogen) atoms. The van der Waals surface area contributed by atoms with Crippen LogP contribution in [0.4, 0.5) is 0 Å². The summed E-state index contributed by atoms with van der Waals surface area (Å²) in [5.41, 5.74) is 7.95. The molecule has 0 saturated heterocycles. The van der Waals surface area contributed by atoms with Crippen LogP contribution in [0.2, 0.25) is 0 Å². The second-order valence-electron chi connectivity index (χ2n) is 10.8. The number of esters is 1. The summed E-state index contributed by atoms with van der Waals surface area (Å²) in [7, 11) is 0. The van der Waals surface area contributed by atoms with E-state index in [-0.39, 0.29) is 37.7 Å². The number of carbonyl (C=O) groups is 4. The molecule has 3 amide bonds. The first-order valence-corrected chi connectivity index (χ1v) is 14.6. The summed E-state index contributed by atoms with van der Waals surface area (Å²) in [6.07, 6.45) is 2.41. The van der Waals surface area contributed by atoms with Gasteiger partial charge in [-0.1, -0.05) is 26.0 Å². The van der Waals surface area contributed by atoms with Crippen LogP contribution in [0.15, 0.2) is 24.3 Å². The molecule has 13 heteroatoms. The fraction of sp³-hybridized carbons (Fsp3) is 0.621. The molecule has 0 aromatic heterocycles. The molecule has 3 rings (SSSR count). The van der Waals surface area contributed by atoms with E-state index in [2.05, 4.69) is 16.0 Å². The third-order valence-corrected chi connectivity index (χ3v) is 7.07. The van der Waals surface area contributed by atoms with Crippen LogP contribution in [-0.4, -0.2) is 66.7 Å². The molecule has 8 N–H and O–H groups in total. The number of nitrogens with two attached hydrogens (primary N) is 1. The van der Waals surface area contributed by atoms with Gasteiger partial charge in [0.25, 0.3) is 0 Å². The maximum Gasteiger partial charge on any atom is 0.328 e. The number of benzene rings is 1. The average molecular weight is 591 g/mol. The highest BCUT2D eigenvalue weighted by Crippen LogP contribution is 2.27. The van der Waals surface area contributed by atoms with Crippen LogP contribution >= 0.6 is 0 Å². The Bertz CT molecular complexity index is 1050. The molecule has 0 spiro atoms. The van der Waals surface area contributed by atoms with Crippen LogP contribution < -0.4 is 31.9 Å². The van der Waals surface area contributed by atoms with Crippen molar-refractivity contribution < 1.29 is 33.9 Å². The lowest BCUT2D eigenvalue weighted by atomic mass is 9.81. The molecule has 13 nitrogen and oxygen atoms in total. The first-order chi connectivity index (χ1) is 20.0. The lowest BCUT2D eigenvalue weighted by Gasteiger charge is -2.29. The summed E-state index contributed by atoms with van der Waals surface area (Å²) < 4.78 is 11.0. The van der Waals surface area contributed by atoms with E-state index >= 15 is 0 Å². The SMILES string of the molecule is CCOC(=O)[C@H](CCCNC(=N)N)NC(=O)[C@@H]1CCc2ccc(cc2)OCCCC(C(=O)NO)[C@@H](CC(C)C)C(=O)N1. The van der Waals surface area contributed by atoms with E-state index in [9.17, 15) is 24.4 Å². The third kappa shape index (κ3) is 11.6. The molecule has 4 atom stereocenters. The average Bonchev–Trinajstić information content (AvgIpc) is 2.96. The van der Waals surface area contributed by atoms with Gasteiger partial charge in [-0.15, -0.1) is 0 Å². The van der Waals surface area contributed by atoms with Crippen LogP contribution in [0.1, 0.15) is 64.9 Å². The lowest BCUT2D eigenvalue weighted by Crippen LogP contribution is -2.54. The zero-order valence-corrected chi connectivity index (χ0v) is 24.7. The van der Waals surface area contributed by atoms with E-state index in [0.29, 0.717) is 44.6 Å². The molecule has 2 aliphatic rings. The molecule has 2 heterocycles. The second kappa shape index (κ2) is 17.8. The second-order valence-corrected chi connectivity index (χ2v) is 10.8. The molecule has 2 bridgehead atoms. The predicted molar refractivity (Wildman–Crippen MR) is 156 cm³/mol. The number of hydrogen-bond acceptors (Lipinski definition) is 8. The van der Waals surface area contributed by atoms with Crippen molar-refractivity contribution in [3.8, 4) is 5.75 Å². The van der Waals surface area contributed by atoms with Crippen LogP contribution in [0, 0.1) is 23.2 Å². The summed E-state index contributed by atoms with van der Waals surface area (Å²) in [4.78, 5) is 52.7. The van der Waals surface area contributed by atoms with Gasteiger partial charge in [0.15, 0.2) is 5.96 Å². The first kappa shape index (κ1) is 34.3. The van der Waals surface area contributed by atoms with Crippen molar-refractivity contribution in [1.29, 1.82) is 5.41 Å². The Balaban J connectivity index is 2.35.